The number of Topliss-reactive ketones (excluding diaryl/α,β-unsaturated/α-hetero) is 1. The van der Waals surface area contributed by atoms with E-state index in [9.17, 15) is 18.0 Å². The normalized spacial score (nSPS) is 16.8. The summed E-state index contributed by atoms with van der Waals surface area (Å²) in [5.41, 5.74) is 1.60. The Morgan fingerprint density at radius 2 is 1.66 bits per heavy atom. The maximum atomic E-state index is 13.8. The fourth-order valence-electron chi connectivity index (χ4n) is 6.80. The Morgan fingerprint density at radius 1 is 0.940 bits per heavy atom. The molecule has 3 heterocycles. The van der Waals surface area contributed by atoms with Gasteiger partial charge >= 0.3 is 0 Å². The molecule has 264 valence electrons. The monoisotopic (exact) mass is 699 g/mol. The van der Waals surface area contributed by atoms with Crippen LogP contribution < -0.4 is 25.0 Å². The summed E-state index contributed by atoms with van der Waals surface area (Å²) < 4.78 is 32.3. The summed E-state index contributed by atoms with van der Waals surface area (Å²) >= 11 is 0. The van der Waals surface area contributed by atoms with E-state index in [1.54, 1.807) is 36.5 Å². The molecular formula is C37H45N7O5S. The molecule has 3 aromatic carbocycles. The van der Waals surface area contributed by atoms with Crippen molar-refractivity contribution in [2.45, 2.75) is 57.9 Å². The number of rotatable bonds is 11. The number of carbonyl (C=O) groups is 2. The SMILES string of the molecule is COc1c(NC(=O)C(=O)c2ccc(Nc3ccnc(N4CCCC4CN4CCCC4)n3)c3ccccc23)cc(C(C)(C)C)cc1NS(C)(=O)=O. The highest BCUT2D eigenvalue weighted by Crippen LogP contribution is 2.39. The second-order valence-electron chi connectivity index (χ2n) is 14.1. The number of hydrogen-bond donors (Lipinski definition) is 3. The number of nitrogens with one attached hydrogen (secondary N) is 3. The number of fused-ring (bicyclic) bond motifs is 1. The van der Waals surface area contributed by atoms with E-state index in [-0.39, 0.29) is 22.7 Å². The molecule has 13 heteroatoms. The highest BCUT2D eigenvalue weighted by Gasteiger charge is 2.30. The van der Waals surface area contributed by atoms with Crippen LogP contribution in [0, 0.1) is 0 Å². The topological polar surface area (TPSA) is 146 Å². The number of anilines is 5. The van der Waals surface area contributed by atoms with E-state index in [4.69, 9.17) is 9.72 Å². The van der Waals surface area contributed by atoms with Gasteiger partial charge in [0.05, 0.1) is 24.7 Å². The third-order valence-corrected chi connectivity index (χ3v) is 9.88. The first-order valence-electron chi connectivity index (χ1n) is 17.0. The highest BCUT2D eigenvalue weighted by atomic mass is 32.2. The minimum absolute atomic E-state index is 0.0921. The fraction of sp³-hybridized carbons (Fsp3) is 0.405. The van der Waals surface area contributed by atoms with Gasteiger partial charge in [-0.1, -0.05) is 45.0 Å². The lowest BCUT2D eigenvalue weighted by Gasteiger charge is -2.28. The number of benzene rings is 3. The Hall–Kier alpha value is -4.75. The molecule has 2 aliphatic rings. The van der Waals surface area contributed by atoms with E-state index in [0.29, 0.717) is 23.2 Å². The number of likely N-dealkylation sites (tertiary alicyclic amines) is 1. The van der Waals surface area contributed by atoms with Crippen molar-refractivity contribution in [2.75, 3.05) is 59.8 Å². The smallest absolute Gasteiger partial charge is 0.296 e. The first-order valence-corrected chi connectivity index (χ1v) is 18.9. The predicted octanol–water partition coefficient (Wildman–Crippen LogP) is 5.94. The highest BCUT2D eigenvalue weighted by molar-refractivity contribution is 7.92. The third-order valence-electron chi connectivity index (χ3n) is 9.28. The molecule has 2 saturated heterocycles. The molecule has 1 atom stereocenters. The van der Waals surface area contributed by atoms with Gasteiger partial charge in [-0.15, -0.1) is 0 Å². The summed E-state index contributed by atoms with van der Waals surface area (Å²) in [4.78, 5) is 41.7. The molecule has 50 heavy (non-hydrogen) atoms. The van der Waals surface area contributed by atoms with Crippen molar-refractivity contribution < 1.29 is 22.7 Å². The molecule has 0 radical (unpaired) electrons. The van der Waals surface area contributed by atoms with Crippen LogP contribution in [-0.2, 0) is 20.2 Å². The lowest BCUT2D eigenvalue weighted by molar-refractivity contribution is -0.112. The van der Waals surface area contributed by atoms with Crippen LogP contribution in [0.1, 0.15) is 62.4 Å². The van der Waals surface area contributed by atoms with Gasteiger partial charge in [0.1, 0.15) is 5.82 Å². The average Bonchev–Trinajstić information content (AvgIpc) is 3.76. The van der Waals surface area contributed by atoms with Crippen molar-refractivity contribution >= 4 is 61.3 Å². The Kier molecular flexibility index (Phi) is 9.99. The number of methoxy groups -OCH3 is 1. The second-order valence-corrected chi connectivity index (χ2v) is 15.8. The van der Waals surface area contributed by atoms with Gasteiger partial charge in [-0.05, 0) is 85.5 Å². The summed E-state index contributed by atoms with van der Waals surface area (Å²) in [6.07, 6.45) is 7.55. The van der Waals surface area contributed by atoms with Crippen LogP contribution in [0.2, 0.25) is 0 Å². The number of amides is 1. The Labute approximate surface area is 293 Å². The molecule has 0 aliphatic carbocycles. The van der Waals surface area contributed by atoms with Gasteiger partial charge in [-0.3, -0.25) is 14.3 Å². The number of aromatic nitrogens is 2. The van der Waals surface area contributed by atoms with Gasteiger partial charge in [0.2, 0.25) is 16.0 Å². The molecule has 0 spiro atoms. The van der Waals surface area contributed by atoms with Crippen LogP contribution in [0.4, 0.5) is 28.8 Å². The van der Waals surface area contributed by atoms with Crippen LogP contribution in [0.3, 0.4) is 0 Å². The molecule has 1 unspecified atom stereocenters. The molecule has 2 fully saturated rings. The van der Waals surface area contributed by atoms with Crippen molar-refractivity contribution in [3.8, 4) is 5.75 Å². The number of ketones is 1. The largest absolute Gasteiger partial charge is 0.492 e. The first kappa shape index (κ1) is 35.1. The molecular weight excluding hydrogens is 655 g/mol. The van der Waals surface area contributed by atoms with Crippen molar-refractivity contribution in [1.29, 1.82) is 0 Å². The number of carbonyl (C=O) groups excluding carboxylic acids is 2. The summed E-state index contributed by atoms with van der Waals surface area (Å²) in [7, 11) is -2.30. The van der Waals surface area contributed by atoms with Gasteiger partial charge in [-0.2, -0.15) is 4.98 Å². The molecule has 2 aliphatic heterocycles. The average molecular weight is 700 g/mol. The fourth-order valence-corrected chi connectivity index (χ4v) is 7.36. The van der Waals surface area contributed by atoms with Gasteiger partial charge in [0.25, 0.3) is 11.7 Å². The molecule has 1 aromatic heterocycles. The van der Waals surface area contributed by atoms with E-state index in [1.165, 1.54) is 20.0 Å². The Bertz CT molecular complexity index is 2020. The Morgan fingerprint density at radius 3 is 2.36 bits per heavy atom. The summed E-state index contributed by atoms with van der Waals surface area (Å²) in [6, 6.07) is 16.3. The molecule has 0 saturated carbocycles. The molecule has 4 aromatic rings. The minimum Gasteiger partial charge on any atom is -0.492 e. The third kappa shape index (κ3) is 7.84. The van der Waals surface area contributed by atoms with Crippen LogP contribution >= 0.6 is 0 Å². The zero-order valence-corrected chi connectivity index (χ0v) is 30.1. The zero-order valence-electron chi connectivity index (χ0n) is 29.2. The molecule has 3 N–H and O–H groups in total. The number of hydrogen-bond acceptors (Lipinski definition) is 10. The Balaban J connectivity index is 1.25. The van der Waals surface area contributed by atoms with Crippen LogP contribution in [0.25, 0.3) is 10.8 Å². The van der Waals surface area contributed by atoms with E-state index in [1.807, 2.05) is 45.0 Å². The van der Waals surface area contributed by atoms with Gasteiger partial charge in [-0.25, -0.2) is 13.4 Å². The van der Waals surface area contributed by atoms with Gasteiger partial charge in [0, 0.05) is 42.0 Å². The first-order chi connectivity index (χ1) is 23.8. The number of nitrogens with zero attached hydrogens (tertiary/aromatic N) is 4. The molecule has 0 bridgehead atoms. The second kappa shape index (κ2) is 14.2. The van der Waals surface area contributed by atoms with Crippen LogP contribution in [0.15, 0.2) is 60.8 Å². The van der Waals surface area contributed by atoms with Crippen molar-refractivity contribution in [1.82, 2.24) is 14.9 Å². The summed E-state index contributed by atoms with van der Waals surface area (Å²) in [6.45, 7) is 10.1. The van der Waals surface area contributed by atoms with Crippen LogP contribution in [0.5, 0.6) is 5.75 Å². The molecule has 12 nitrogen and oxygen atoms in total. The van der Waals surface area contributed by atoms with Crippen molar-refractivity contribution in [2.24, 2.45) is 0 Å². The van der Waals surface area contributed by atoms with E-state index >= 15 is 0 Å². The lowest BCUT2D eigenvalue weighted by atomic mass is 9.86. The van der Waals surface area contributed by atoms with Crippen LogP contribution in [-0.4, -0.2) is 80.6 Å². The minimum atomic E-state index is -3.67. The van der Waals surface area contributed by atoms with Gasteiger partial charge in [0.15, 0.2) is 5.75 Å². The lowest BCUT2D eigenvalue weighted by Crippen LogP contribution is -2.40. The summed E-state index contributed by atoms with van der Waals surface area (Å²) in [5, 5.41) is 7.44. The van der Waals surface area contributed by atoms with Crippen molar-refractivity contribution in [3.63, 3.8) is 0 Å². The molecule has 1 amide bonds. The van der Waals surface area contributed by atoms with E-state index in [2.05, 4.69) is 30.1 Å². The molecule has 6 rings (SSSR count). The summed E-state index contributed by atoms with van der Waals surface area (Å²) in [5.74, 6) is -0.219. The van der Waals surface area contributed by atoms with Gasteiger partial charge < -0.3 is 25.2 Å². The quantitative estimate of drug-likeness (QED) is 0.127. The van der Waals surface area contributed by atoms with E-state index < -0.39 is 27.1 Å². The van der Waals surface area contributed by atoms with E-state index in [0.717, 1.165) is 61.9 Å². The standard InChI is InChI=1S/C37H45N7O5S/c1-37(2,3)24-21-30(34(49-4)31(22-24)42-50(5,47)48)40-35(46)33(45)28-14-15-29(27-13-7-6-12-26(27)28)39-32-16-17-38-36(41-32)44-20-10-11-25(44)23-43-18-8-9-19-43/h6-7,12-17,21-22,25,42H,8-11,18-20,23H2,1-5H3,(H,40,46)(H,38,39,41). The number of ether oxygens (including phenoxy) is 1. The van der Waals surface area contributed by atoms with Crippen molar-refractivity contribution in [3.05, 3.63) is 71.9 Å². The zero-order chi connectivity index (χ0) is 35.6. The maximum Gasteiger partial charge on any atom is 0.296 e. The number of sulfonamides is 1. The predicted molar refractivity (Wildman–Crippen MR) is 198 cm³/mol. The maximum absolute atomic E-state index is 13.8.